The molecule has 0 N–H and O–H groups in total. The smallest absolute Gasteiger partial charge is 0.241 e. The van der Waals surface area contributed by atoms with Crippen LogP contribution in [0.25, 0.3) is 22.3 Å². The van der Waals surface area contributed by atoms with E-state index in [-0.39, 0.29) is 10.9 Å². The highest BCUT2D eigenvalue weighted by Crippen LogP contribution is 2.30. The highest BCUT2D eigenvalue weighted by molar-refractivity contribution is 5.92. The molecule has 1 fully saturated rings. The summed E-state index contributed by atoms with van der Waals surface area (Å²) in [5.74, 6) is 0.837. The summed E-state index contributed by atoms with van der Waals surface area (Å²) in [7, 11) is 1.62. The summed E-state index contributed by atoms with van der Waals surface area (Å²) in [5, 5.41) is 4.30. The molecule has 0 spiro atoms. The lowest BCUT2D eigenvalue weighted by Gasteiger charge is -2.35. The standard InChI is InChI=1S/C23H21F2N5O2/c1-31-16-4-2-15(3-5-16)23-27-20(32-28-23)14-29-10-12-30(13-11-29)19-8-9-26-22-18(25)7-6-17(24)21(19)22/h2-9H,10-14H2,1H3. The van der Waals surface area contributed by atoms with E-state index in [4.69, 9.17) is 9.26 Å². The van der Waals surface area contributed by atoms with Crippen LogP contribution in [0.2, 0.25) is 0 Å². The van der Waals surface area contributed by atoms with Crippen molar-refractivity contribution in [2.45, 2.75) is 6.54 Å². The van der Waals surface area contributed by atoms with Crippen molar-refractivity contribution in [1.82, 2.24) is 20.0 Å². The molecule has 164 valence electrons. The lowest BCUT2D eigenvalue weighted by atomic mass is 10.1. The normalized spacial score (nSPS) is 14.8. The summed E-state index contributed by atoms with van der Waals surface area (Å²) in [5.41, 5.74) is 1.57. The van der Waals surface area contributed by atoms with Gasteiger partial charge in [0, 0.05) is 37.9 Å². The molecule has 0 saturated carbocycles. The van der Waals surface area contributed by atoms with Crippen LogP contribution in [0, 0.1) is 11.6 Å². The molecule has 0 unspecified atom stereocenters. The Morgan fingerprint density at radius 1 is 0.969 bits per heavy atom. The highest BCUT2D eigenvalue weighted by Gasteiger charge is 2.23. The van der Waals surface area contributed by atoms with Crippen LogP contribution in [0.15, 0.2) is 53.2 Å². The fraction of sp³-hybridized carbons (Fsp3) is 0.261. The second-order valence-electron chi connectivity index (χ2n) is 7.59. The van der Waals surface area contributed by atoms with Crippen molar-refractivity contribution < 1.29 is 18.0 Å². The van der Waals surface area contributed by atoms with E-state index < -0.39 is 11.6 Å². The third-order valence-electron chi connectivity index (χ3n) is 5.66. The van der Waals surface area contributed by atoms with Crippen LogP contribution in [-0.2, 0) is 6.54 Å². The van der Waals surface area contributed by atoms with Crippen LogP contribution in [-0.4, -0.2) is 53.3 Å². The number of benzene rings is 2. The molecule has 0 atom stereocenters. The van der Waals surface area contributed by atoms with E-state index in [1.165, 1.54) is 6.20 Å². The van der Waals surface area contributed by atoms with Crippen molar-refractivity contribution in [3.8, 4) is 17.1 Å². The number of hydrogen-bond acceptors (Lipinski definition) is 7. The Bertz CT molecular complexity index is 1240. The van der Waals surface area contributed by atoms with Crippen LogP contribution >= 0.6 is 0 Å². The van der Waals surface area contributed by atoms with Gasteiger partial charge in [0.05, 0.1) is 24.7 Å². The van der Waals surface area contributed by atoms with Gasteiger partial charge < -0.3 is 14.2 Å². The molecule has 3 heterocycles. The minimum absolute atomic E-state index is 0.0573. The largest absolute Gasteiger partial charge is 0.497 e. The number of hydrogen-bond donors (Lipinski definition) is 0. The lowest BCUT2D eigenvalue weighted by Crippen LogP contribution is -2.46. The van der Waals surface area contributed by atoms with E-state index >= 15 is 0 Å². The van der Waals surface area contributed by atoms with Crippen LogP contribution in [0.3, 0.4) is 0 Å². The van der Waals surface area contributed by atoms with Gasteiger partial charge in [-0.25, -0.2) is 8.78 Å². The first-order valence-electron chi connectivity index (χ1n) is 10.3. The minimum Gasteiger partial charge on any atom is -0.497 e. The molecular formula is C23H21F2N5O2. The number of halogens is 2. The highest BCUT2D eigenvalue weighted by atomic mass is 19.1. The van der Waals surface area contributed by atoms with Gasteiger partial charge in [-0.15, -0.1) is 0 Å². The topological polar surface area (TPSA) is 67.5 Å². The number of fused-ring (bicyclic) bond motifs is 1. The van der Waals surface area contributed by atoms with Crippen LogP contribution in [0.4, 0.5) is 14.5 Å². The van der Waals surface area contributed by atoms with Crippen molar-refractivity contribution >= 4 is 16.6 Å². The maximum Gasteiger partial charge on any atom is 0.241 e. The van der Waals surface area contributed by atoms with E-state index in [0.717, 1.165) is 36.5 Å². The number of aromatic nitrogens is 3. The zero-order valence-corrected chi connectivity index (χ0v) is 17.5. The molecule has 32 heavy (non-hydrogen) atoms. The van der Waals surface area contributed by atoms with E-state index in [0.29, 0.717) is 37.0 Å². The van der Waals surface area contributed by atoms with Crippen molar-refractivity contribution in [2.24, 2.45) is 0 Å². The van der Waals surface area contributed by atoms with Crippen molar-refractivity contribution in [2.75, 3.05) is 38.2 Å². The Balaban J connectivity index is 1.26. The fourth-order valence-electron chi connectivity index (χ4n) is 3.95. The van der Waals surface area contributed by atoms with E-state index in [1.54, 1.807) is 13.2 Å². The van der Waals surface area contributed by atoms with Crippen molar-refractivity contribution in [3.63, 3.8) is 0 Å². The molecule has 0 aliphatic carbocycles. The zero-order valence-electron chi connectivity index (χ0n) is 17.5. The molecule has 2 aromatic carbocycles. The molecule has 0 radical (unpaired) electrons. The Labute approximate surface area is 183 Å². The molecule has 0 amide bonds. The number of nitrogens with zero attached hydrogens (tertiary/aromatic N) is 5. The number of rotatable bonds is 5. The first-order valence-corrected chi connectivity index (χ1v) is 10.3. The first-order chi connectivity index (χ1) is 15.6. The number of pyridine rings is 1. The second-order valence-corrected chi connectivity index (χ2v) is 7.59. The van der Waals surface area contributed by atoms with Gasteiger partial charge in [0.1, 0.15) is 22.9 Å². The Hall–Kier alpha value is -3.59. The Morgan fingerprint density at radius 2 is 1.72 bits per heavy atom. The first kappa shape index (κ1) is 20.3. The van der Waals surface area contributed by atoms with Crippen LogP contribution < -0.4 is 9.64 Å². The second kappa shape index (κ2) is 8.51. The predicted octanol–water partition coefficient (Wildman–Crippen LogP) is 3.89. The molecule has 1 aliphatic heterocycles. The molecule has 1 aliphatic rings. The van der Waals surface area contributed by atoms with Crippen LogP contribution in [0.1, 0.15) is 5.89 Å². The Morgan fingerprint density at radius 3 is 2.47 bits per heavy atom. The Kier molecular flexibility index (Phi) is 5.40. The van der Waals surface area contributed by atoms with E-state index in [1.807, 2.05) is 24.3 Å². The fourth-order valence-corrected chi connectivity index (χ4v) is 3.95. The predicted molar refractivity (Wildman–Crippen MR) is 115 cm³/mol. The third-order valence-corrected chi connectivity index (χ3v) is 5.66. The molecule has 0 bridgehead atoms. The molecule has 9 heteroatoms. The minimum atomic E-state index is -0.522. The quantitative estimate of drug-likeness (QED) is 0.469. The SMILES string of the molecule is COc1ccc(-c2noc(CN3CCN(c4ccnc5c(F)ccc(F)c45)CC3)n2)cc1. The molecule has 4 aromatic rings. The van der Waals surface area contributed by atoms with E-state index in [2.05, 4.69) is 24.9 Å². The summed E-state index contributed by atoms with van der Waals surface area (Å²) in [6.07, 6.45) is 1.52. The number of anilines is 1. The zero-order chi connectivity index (χ0) is 22.1. The van der Waals surface area contributed by atoms with Crippen molar-refractivity contribution in [3.05, 3.63) is 66.2 Å². The average molecular weight is 437 g/mol. The van der Waals surface area contributed by atoms with Crippen LogP contribution in [0.5, 0.6) is 5.75 Å². The van der Waals surface area contributed by atoms with Crippen molar-refractivity contribution in [1.29, 1.82) is 0 Å². The van der Waals surface area contributed by atoms with Gasteiger partial charge in [-0.1, -0.05) is 5.16 Å². The average Bonchev–Trinajstić information content (AvgIpc) is 3.30. The third kappa shape index (κ3) is 3.87. The summed E-state index contributed by atoms with van der Waals surface area (Å²) in [6.45, 7) is 3.29. The molecule has 2 aromatic heterocycles. The maximum atomic E-state index is 14.5. The molecular weight excluding hydrogens is 416 g/mol. The summed E-state index contributed by atoms with van der Waals surface area (Å²) >= 11 is 0. The number of ether oxygens (including phenoxy) is 1. The summed E-state index contributed by atoms with van der Waals surface area (Å²) < 4.78 is 39.1. The van der Waals surface area contributed by atoms with Gasteiger partial charge in [0.25, 0.3) is 0 Å². The van der Waals surface area contributed by atoms with Gasteiger partial charge in [0.2, 0.25) is 11.7 Å². The maximum absolute atomic E-state index is 14.5. The lowest BCUT2D eigenvalue weighted by molar-refractivity contribution is 0.215. The molecule has 5 rings (SSSR count). The summed E-state index contributed by atoms with van der Waals surface area (Å²) in [6, 6.07) is 11.5. The monoisotopic (exact) mass is 437 g/mol. The molecule has 1 saturated heterocycles. The number of piperazine rings is 1. The van der Waals surface area contributed by atoms with Gasteiger partial charge in [-0.2, -0.15) is 4.98 Å². The van der Waals surface area contributed by atoms with E-state index in [9.17, 15) is 8.78 Å². The summed E-state index contributed by atoms with van der Waals surface area (Å²) in [4.78, 5) is 12.8. The number of methoxy groups -OCH3 is 1. The molecule has 7 nitrogen and oxygen atoms in total. The van der Waals surface area contributed by atoms with Gasteiger partial charge in [-0.3, -0.25) is 9.88 Å². The van der Waals surface area contributed by atoms with Gasteiger partial charge in [0.15, 0.2) is 0 Å². The van der Waals surface area contributed by atoms with Gasteiger partial charge >= 0.3 is 0 Å². The van der Waals surface area contributed by atoms with Gasteiger partial charge in [-0.05, 0) is 42.5 Å².